The Morgan fingerprint density at radius 3 is 1.92 bits per heavy atom. The predicted octanol–water partition coefficient (Wildman–Crippen LogP) is 2.61. The van der Waals surface area contributed by atoms with Crippen LogP contribution in [0.3, 0.4) is 0 Å². The lowest BCUT2D eigenvalue weighted by atomic mass is 9.78. The topological polar surface area (TPSA) is 9.23 Å². The SMILES string of the molecule is CC(C)CC1(C(F)(F)F)COC1. The highest BCUT2D eigenvalue weighted by Crippen LogP contribution is 2.48. The van der Waals surface area contributed by atoms with Gasteiger partial charge in [-0.2, -0.15) is 13.2 Å². The Hall–Kier alpha value is -0.250. The van der Waals surface area contributed by atoms with Gasteiger partial charge in [-0.15, -0.1) is 0 Å². The molecular weight excluding hydrogens is 169 g/mol. The molecule has 1 heterocycles. The number of hydrogen-bond donors (Lipinski definition) is 0. The quantitative estimate of drug-likeness (QED) is 0.637. The summed E-state index contributed by atoms with van der Waals surface area (Å²) >= 11 is 0. The van der Waals surface area contributed by atoms with Crippen molar-refractivity contribution in [3.8, 4) is 0 Å². The van der Waals surface area contributed by atoms with Gasteiger partial charge in [-0.1, -0.05) is 13.8 Å². The Morgan fingerprint density at radius 2 is 1.83 bits per heavy atom. The fourth-order valence-corrected chi connectivity index (χ4v) is 1.53. The molecule has 1 rings (SSSR count). The van der Waals surface area contributed by atoms with Crippen molar-refractivity contribution in [3.05, 3.63) is 0 Å². The summed E-state index contributed by atoms with van der Waals surface area (Å²) in [4.78, 5) is 0. The first-order chi connectivity index (χ1) is 5.37. The molecule has 0 unspecified atom stereocenters. The van der Waals surface area contributed by atoms with E-state index in [0.29, 0.717) is 0 Å². The second kappa shape index (κ2) is 2.91. The first-order valence-electron chi connectivity index (χ1n) is 4.02. The summed E-state index contributed by atoms with van der Waals surface area (Å²) in [6, 6.07) is 0. The molecule has 0 aromatic heterocycles. The van der Waals surface area contributed by atoms with Gasteiger partial charge in [0.1, 0.15) is 5.41 Å². The minimum atomic E-state index is -4.10. The van der Waals surface area contributed by atoms with Crippen LogP contribution in [0.15, 0.2) is 0 Å². The fourth-order valence-electron chi connectivity index (χ4n) is 1.53. The van der Waals surface area contributed by atoms with Gasteiger partial charge in [0.25, 0.3) is 0 Å². The van der Waals surface area contributed by atoms with Gasteiger partial charge in [0, 0.05) is 0 Å². The van der Waals surface area contributed by atoms with Gasteiger partial charge >= 0.3 is 6.18 Å². The van der Waals surface area contributed by atoms with Crippen molar-refractivity contribution < 1.29 is 17.9 Å². The second-order valence-corrected chi connectivity index (χ2v) is 3.87. The van der Waals surface area contributed by atoms with Gasteiger partial charge in [0.2, 0.25) is 0 Å². The molecule has 4 heteroatoms. The van der Waals surface area contributed by atoms with E-state index < -0.39 is 11.6 Å². The van der Waals surface area contributed by atoms with Gasteiger partial charge in [0.05, 0.1) is 13.2 Å². The summed E-state index contributed by atoms with van der Waals surface area (Å²) in [5.41, 5.74) is -1.54. The van der Waals surface area contributed by atoms with Crippen molar-refractivity contribution in [2.75, 3.05) is 13.2 Å². The zero-order chi connectivity index (χ0) is 9.41. The summed E-state index contributed by atoms with van der Waals surface area (Å²) in [5.74, 6) is 0.0653. The number of alkyl halides is 3. The Kier molecular flexibility index (Phi) is 2.38. The lowest BCUT2D eigenvalue weighted by molar-refractivity contribution is -0.308. The number of halogens is 3. The van der Waals surface area contributed by atoms with E-state index in [0.717, 1.165) is 0 Å². The third-order valence-electron chi connectivity index (χ3n) is 2.16. The number of ether oxygens (including phenoxy) is 1. The molecule has 0 radical (unpaired) electrons. The normalized spacial score (nSPS) is 22.5. The van der Waals surface area contributed by atoms with Crippen LogP contribution < -0.4 is 0 Å². The zero-order valence-electron chi connectivity index (χ0n) is 7.24. The van der Waals surface area contributed by atoms with E-state index in [1.54, 1.807) is 13.8 Å². The lowest BCUT2D eigenvalue weighted by Crippen LogP contribution is -2.54. The van der Waals surface area contributed by atoms with E-state index in [1.165, 1.54) is 0 Å². The Labute approximate surface area is 69.9 Å². The van der Waals surface area contributed by atoms with Crippen molar-refractivity contribution in [2.45, 2.75) is 26.4 Å². The third kappa shape index (κ3) is 1.58. The maximum Gasteiger partial charge on any atom is 0.398 e. The molecule has 0 spiro atoms. The zero-order valence-corrected chi connectivity index (χ0v) is 7.24. The lowest BCUT2D eigenvalue weighted by Gasteiger charge is -2.43. The Bertz CT molecular complexity index is 158. The van der Waals surface area contributed by atoms with E-state index in [2.05, 4.69) is 4.74 Å². The summed E-state index contributed by atoms with van der Waals surface area (Å²) in [6.45, 7) is 3.28. The van der Waals surface area contributed by atoms with Crippen molar-refractivity contribution in [1.82, 2.24) is 0 Å². The molecule has 0 amide bonds. The van der Waals surface area contributed by atoms with Crippen LogP contribution in [-0.4, -0.2) is 19.4 Å². The summed E-state index contributed by atoms with van der Waals surface area (Å²) in [5, 5.41) is 0. The molecule has 0 aliphatic carbocycles. The molecule has 1 aliphatic heterocycles. The molecule has 0 aromatic rings. The third-order valence-corrected chi connectivity index (χ3v) is 2.16. The molecule has 1 fully saturated rings. The van der Waals surface area contributed by atoms with E-state index in [9.17, 15) is 13.2 Å². The first-order valence-corrected chi connectivity index (χ1v) is 4.02. The van der Waals surface area contributed by atoms with Gasteiger partial charge < -0.3 is 4.74 Å². The second-order valence-electron chi connectivity index (χ2n) is 3.87. The van der Waals surface area contributed by atoms with E-state index >= 15 is 0 Å². The largest absolute Gasteiger partial charge is 0.398 e. The highest BCUT2D eigenvalue weighted by atomic mass is 19.4. The highest BCUT2D eigenvalue weighted by molar-refractivity contribution is 4.92. The summed E-state index contributed by atoms with van der Waals surface area (Å²) in [6.07, 6.45) is -3.92. The minimum absolute atomic E-state index is 0.0653. The standard InChI is InChI=1S/C8H13F3O/c1-6(2)3-7(4-12-5-7)8(9,10)11/h6H,3-5H2,1-2H3. The van der Waals surface area contributed by atoms with E-state index in [1.807, 2.05) is 0 Å². The number of rotatable bonds is 2. The van der Waals surface area contributed by atoms with Crippen LogP contribution in [0.4, 0.5) is 13.2 Å². The molecule has 1 nitrogen and oxygen atoms in total. The van der Waals surface area contributed by atoms with Gasteiger partial charge in [-0.3, -0.25) is 0 Å². The summed E-state index contributed by atoms with van der Waals surface area (Å²) in [7, 11) is 0. The molecule has 72 valence electrons. The first kappa shape index (κ1) is 9.84. The van der Waals surface area contributed by atoms with Crippen LogP contribution in [0.25, 0.3) is 0 Å². The molecule has 12 heavy (non-hydrogen) atoms. The minimum Gasteiger partial charge on any atom is -0.379 e. The van der Waals surface area contributed by atoms with Crippen molar-refractivity contribution in [2.24, 2.45) is 11.3 Å². The van der Waals surface area contributed by atoms with Gasteiger partial charge in [0.15, 0.2) is 0 Å². The van der Waals surface area contributed by atoms with E-state index in [-0.39, 0.29) is 25.6 Å². The molecular formula is C8H13F3O. The number of hydrogen-bond acceptors (Lipinski definition) is 1. The maximum atomic E-state index is 12.4. The molecule has 0 bridgehead atoms. The van der Waals surface area contributed by atoms with Crippen LogP contribution >= 0.6 is 0 Å². The average molecular weight is 182 g/mol. The van der Waals surface area contributed by atoms with Crippen molar-refractivity contribution in [1.29, 1.82) is 0 Å². The molecule has 1 saturated heterocycles. The predicted molar refractivity (Wildman–Crippen MR) is 38.8 cm³/mol. The van der Waals surface area contributed by atoms with Crippen molar-refractivity contribution in [3.63, 3.8) is 0 Å². The smallest absolute Gasteiger partial charge is 0.379 e. The Morgan fingerprint density at radius 1 is 1.33 bits per heavy atom. The van der Waals surface area contributed by atoms with Crippen LogP contribution in [0.2, 0.25) is 0 Å². The van der Waals surface area contributed by atoms with Crippen LogP contribution in [0.5, 0.6) is 0 Å². The van der Waals surface area contributed by atoms with E-state index in [4.69, 9.17) is 0 Å². The monoisotopic (exact) mass is 182 g/mol. The average Bonchev–Trinajstić information content (AvgIpc) is 1.74. The molecule has 0 atom stereocenters. The van der Waals surface area contributed by atoms with Crippen LogP contribution in [-0.2, 0) is 4.74 Å². The van der Waals surface area contributed by atoms with Gasteiger partial charge in [-0.05, 0) is 12.3 Å². The summed E-state index contributed by atoms with van der Waals surface area (Å²) < 4.78 is 42.0. The molecule has 1 aliphatic rings. The maximum absolute atomic E-state index is 12.4. The molecule has 0 N–H and O–H groups in total. The van der Waals surface area contributed by atoms with Crippen LogP contribution in [0, 0.1) is 11.3 Å². The van der Waals surface area contributed by atoms with Crippen molar-refractivity contribution >= 4 is 0 Å². The highest BCUT2D eigenvalue weighted by Gasteiger charge is 2.59. The van der Waals surface area contributed by atoms with Gasteiger partial charge in [-0.25, -0.2) is 0 Å². The molecule has 0 aromatic carbocycles. The fraction of sp³-hybridized carbons (Fsp3) is 1.00. The van der Waals surface area contributed by atoms with Crippen LogP contribution in [0.1, 0.15) is 20.3 Å². The molecule has 0 saturated carbocycles. The Balaban J connectivity index is 2.63.